The number of amides is 2. The number of urea groups is 1. The minimum Gasteiger partial charge on any atom is -0.392 e. The molecule has 2 amide bonds. The van der Waals surface area contributed by atoms with Crippen molar-refractivity contribution in [1.82, 2.24) is 10.6 Å². The third-order valence-corrected chi connectivity index (χ3v) is 4.44. The van der Waals surface area contributed by atoms with Gasteiger partial charge in [-0.2, -0.15) is 0 Å². The Kier molecular flexibility index (Phi) is 6.05. The third kappa shape index (κ3) is 4.74. The Hall–Kier alpha value is -1.55. The number of nitrogens with one attached hydrogen (secondary N) is 2. The van der Waals surface area contributed by atoms with E-state index in [0.717, 1.165) is 11.1 Å². The number of hydrogen-bond donors (Lipinski definition) is 3. The van der Waals surface area contributed by atoms with Crippen LogP contribution in [-0.4, -0.2) is 17.2 Å². The largest absolute Gasteiger partial charge is 0.392 e. The van der Waals surface area contributed by atoms with E-state index in [1.807, 2.05) is 24.3 Å². The van der Waals surface area contributed by atoms with Crippen LogP contribution in [0.1, 0.15) is 50.2 Å². The van der Waals surface area contributed by atoms with Crippen molar-refractivity contribution in [2.45, 2.75) is 58.2 Å². The quantitative estimate of drug-likeness (QED) is 0.781. The third-order valence-electron chi connectivity index (χ3n) is 4.44. The molecule has 0 aliphatic heterocycles. The zero-order chi connectivity index (χ0) is 15.1. The maximum absolute atomic E-state index is 12.0. The molecule has 1 saturated carbocycles. The average Bonchev–Trinajstić information content (AvgIpc) is 2.54. The lowest BCUT2D eigenvalue weighted by Gasteiger charge is -2.28. The van der Waals surface area contributed by atoms with Crippen molar-refractivity contribution in [2.75, 3.05) is 0 Å². The van der Waals surface area contributed by atoms with Crippen LogP contribution in [0.5, 0.6) is 0 Å². The lowest BCUT2D eigenvalue weighted by Crippen LogP contribution is -2.44. The van der Waals surface area contributed by atoms with E-state index in [9.17, 15) is 9.90 Å². The molecule has 0 saturated heterocycles. The molecular formula is C17H26N2O2. The van der Waals surface area contributed by atoms with E-state index in [0.29, 0.717) is 12.5 Å². The second-order valence-electron chi connectivity index (χ2n) is 5.94. The van der Waals surface area contributed by atoms with E-state index in [2.05, 4.69) is 17.6 Å². The highest BCUT2D eigenvalue weighted by Crippen LogP contribution is 2.26. The molecule has 0 aromatic heterocycles. The van der Waals surface area contributed by atoms with Gasteiger partial charge >= 0.3 is 6.03 Å². The van der Waals surface area contributed by atoms with Gasteiger partial charge in [0.1, 0.15) is 0 Å². The number of carbonyl (C=O) groups is 1. The fraction of sp³-hybridized carbons (Fsp3) is 0.588. The molecule has 0 bridgehead atoms. The van der Waals surface area contributed by atoms with Gasteiger partial charge in [-0.15, -0.1) is 0 Å². The van der Waals surface area contributed by atoms with Gasteiger partial charge in [-0.05, 0) is 36.8 Å². The van der Waals surface area contributed by atoms with Gasteiger partial charge in [-0.3, -0.25) is 0 Å². The van der Waals surface area contributed by atoms with E-state index < -0.39 is 0 Å². The number of aliphatic hydroxyl groups excluding tert-OH is 1. The molecule has 4 nitrogen and oxygen atoms in total. The Morgan fingerprint density at radius 2 is 1.90 bits per heavy atom. The van der Waals surface area contributed by atoms with Gasteiger partial charge in [-0.1, -0.05) is 43.5 Å². The Morgan fingerprint density at radius 3 is 2.57 bits per heavy atom. The lowest BCUT2D eigenvalue weighted by atomic mass is 9.85. The van der Waals surface area contributed by atoms with Crippen molar-refractivity contribution in [3.63, 3.8) is 0 Å². The highest BCUT2D eigenvalue weighted by atomic mass is 16.3. The van der Waals surface area contributed by atoms with E-state index in [4.69, 9.17) is 0 Å². The van der Waals surface area contributed by atoms with Gasteiger partial charge in [0.2, 0.25) is 0 Å². The fourth-order valence-corrected chi connectivity index (χ4v) is 3.07. The van der Waals surface area contributed by atoms with Gasteiger partial charge in [-0.25, -0.2) is 4.79 Å². The van der Waals surface area contributed by atoms with Crippen molar-refractivity contribution in [3.05, 3.63) is 35.4 Å². The summed E-state index contributed by atoms with van der Waals surface area (Å²) in [6, 6.07) is 7.70. The van der Waals surface area contributed by atoms with Crippen LogP contribution in [0.4, 0.5) is 4.79 Å². The topological polar surface area (TPSA) is 61.4 Å². The van der Waals surface area contributed by atoms with Crippen molar-refractivity contribution in [1.29, 1.82) is 0 Å². The molecule has 1 fully saturated rings. The van der Waals surface area contributed by atoms with Crippen LogP contribution in [0.2, 0.25) is 0 Å². The van der Waals surface area contributed by atoms with Crippen molar-refractivity contribution >= 4 is 6.03 Å². The molecule has 21 heavy (non-hydrogen) atoms. The predicted octanol–water partition coefficient (Wildman–Crippen LogP) is 2.95. The summed E-state index contributed by atoms with van der Waals surface area (Å²) in [5, 5.41) is 15.2. The molecule has 1 atom stereocenters. The molecule has 3 N–H and O–H groups in total. The molecule has 1 aromatic rings. The number of carbonyl (C=O) groups excluding carboxylic acids is 1. The average molecular weight is 290 g/mol. The molecular weight excluding hydrogens is 264 g/mol. The molecule has 0 radical (unpaired) electrons. The summed E-state index contributed by atoms with van der Waals surface area (Å²) in [5.41, 5.74) is 1.82. The van der Waals surface area contributed by atoms with Gasteiger partial charge < -0.3 is 15.7 Å². The Labute approximate surface area is 126 Å². The molecule has 4 heteroatoms. The van der Waals surface area contributed by atoms with Crippen molar-refractivity contribution in [2.24, 2.45) is 5.92 Å². The SMILES string of the molecule is CC(NC(=O)NCc1ccccc1CO)C1CCCCC1. The van der Waals surface area contributed by atoms with Gasteiger partial charge in [0.25, 0.3) is 0 Å². The Balaban J connectivity index is 1.78. The summed E-state index contributed by atoms with van der Waals surface area (Å²) in [4.78, 5) is 12.0. The highest BCUT2D eigenvalue weighted by molar-refractivity contribution is 5.74. The van der Waals surface area contributed by atoms with Gasteiger partial charge in [0, 0.05) is 12.6 Å². The van der Waals surface area contributed by atoms with Crippen molar-refractivity contribution < 1.29 is 9.90 Å². The summed E-state index contributed by atoms with van der Waals surface area (Å²) in [7, 11) is 0. The molecule has 2 rings (SSSR count). The highest BCUT2D eigenvalue weighted by Gasteiger charge is 2.21. The summed E-state index contributed by atoms with van der Waals surface area (Å²) in [6.45, 7) is 2.54. The maximum atomic E-state index is 12.0. The number of hydrogen-bond acceptors (Lipinski definition) is 2. The second kappa shape index (κ2) is 8.03. The number of aliphatic hydroxyl groups is 1. The minimum absolute atomic E-state index is 0.00203. The molecule has 116 valence electrons. The van der Waals surface area contributed by atoms with Crippen LogP contribution in [0.15, 0.2) is 24.3 Å². The second-order valence-corrected chi connectivity index (χ2v) is 5.94. The Morgan fingerprint density at radius 1 is 1.24 bits per heavy atom. The van der Waals surface area contributed by atoms with Crippen LogP contribution < -0.4 is 10.6 Å². The fourth-order valence-electron chi connectivity index (χ4n) is 3.07. The first-order valence-electron chi connectivity index (χ1n) is 7.92. The number of benzene rings is 1. The Bertz CT molecular complexity index is 456. The van der Waals surface area contributed by atoms with Gasteiger partial charge in [0.05, 0.1) is 6.61 Å². The summed E-state index contributed by atoms with van der Waals surface area (Å²) < 4.78 is 0. The molecule has 0 heterocycles. The predicted molar refractivity (Wildman–Crippen MR) is 83.8 cm³/mol. The van der Waals surface area contributed by atoms with Crippen LogP contribution in [0.3, 0.4) is 0 Å². The number of rotatable bonds is 5. The van der Waals surface area contributed by atoms with E-state index >= 15 is 0 Å². The normalized spacial score (nSPS) is 17.2. The van der Waals surface area contributed by atoms with Gasteiger partial charge in [0.15, 0.2) is 0 Å². The first kappa shape index (κ1) is 15.8. The first-order valence-corrected chi connectivity index (χ1v) is 7.92. The molecule has 1 aliphatic rings. The van der Waals surface area contributed by atoms with Crippen LogP contribution in [0, 0.1) is 5.92 Å². The zero-order valence-corrected chi connectivity index (χ0v) is 12.8. The lowest BCUT2D eigenvalue weighted by molar-refractivity contribution is 0.224. The summed E-state index contributed by atoms with van der Waals surface area (Å²) >= 11 is 0. The molecule has 1 unspecified atom stereocenters. The molecule has 1 aliphatic carbocycles. The molecule has 1 aromatic carbocycles. The first-order chi connectivity index (χ1) is 10.2. The zero-order valence-electron chi connectivity index (χ0n) is 12.8. The van der Waals surface area contributed by atoms with E-state index in [1.54, 1.807) is 0 Å². The summed E-state index contributed by atoms with van der Waals surface area (Å²) in [6.07, 6.45) is 6.32. The van der Waals surface area contributed by atoms with E-state index in [-0.39, 0.29) is 18.7 Å². The van der Waals surface area contributed by atoms with Crippen LogP contribution in [-0.2, 0) is 13.2 Å². The molecule has 0 spiro atoms. The maximum Gasteiger partial charge on any atom is 0.315 e. The van der Waals surface area contributed by atoms with Crippen LogP contribution in [0.25, 0.3) is 0 Å². The van der Waals surface area contributed by atoms with Crippen molar-refractivity contribution in [3.8, 4) is 0 Å². The van der Waals surface area contributed by atoms with Crippen LogP contribution >= 0.6 is 0 Å². The van der Waals surface area contributed by atoms with E-state index in [1.165, 1.54) is 32.1 Å². The smallest absolute Gasteiger partial charge is 0.315 e. The standard InChI is InChI=1S/C17H26N2O2/c1-13(14-7-3-2-4-8-14)19-17(21)18-11-15-9-5-6-10-16(15)12-20/h5-6,9-10,13-14,20H,2-4,7-8,11-12H2,1H3,(H2,18,19,21). The monoisotopic (exact) mass is 290 g/mol. The minimum atomic E-state index is -0.124. The summed E-state index contributed by atoms with van der Waals surface area (Å²) in [5.74, 6) is 0.606.